The van der Waals surface area contributed by atoms with Gasteiger partial charge in [-0.1, -0.05) is 15.9 Å². The maximum absolute atomic E-state index is 11.1. The van der Waals surface area contributed by atoms with Crippen molar-refractivity contribution in [2.45, 2.75) is 6.92 Å². The normalized spacial score (nSPS) is 11.0. The van der Waals surface area contributed by atoms with E-state index in [0.29, 0.717) is 5.58 Å². The SMILES string of the molecule is Cc1cc2oc(=O)n(C)c2cc1Br. The number of oxazole rings is 1. The number of nitrogens with zero attached hydrogens (tertiary/aromatic N) is 1. The van der Waals surface area contributed by atoms with Gasteiger partial charge in [0, 0.05) is 11.5 Å². The van der Waals surface area contributed by atoms with E-state index >= 15 is 0 Å². The standard InChI is InChI=1S/C9H8BrNO2/c1-5-3-8-7(4-6(5)10)11(2)9(12)13-8/h3-4H,1-2H3. The zero-order valence-electron chi connectivity index (χ0n) is 7.30. The Kier molecular flexibility index (Phi) is 1.80. The van der Waals surface area contributed by atoms with E-state index in [0.717, 1.165) is 15.6 Å². The molecule has 2 rings (SSSR count). The van der Waals surface area contributed by atoms with Crippen molar-refractivity contribution in [3.8, 4) is 0 Å². The fourth-order valence-corrected chi connectivity index (χ4v) is 1.58. The molecule has 0 fully saturated rings. The Labute approximate surface area is 83.1 Å². The van der Waals surface area contributed by atoms with E-state index in [-0.39, 0.29) is 5.76 Å². The highest BCUT2D eigenvalue weighted by Crippen LogP contribution is 2.22. The summed E-state index contributed by atoms with van der Waals surface area (Å²) in [6.45, 7) is 1.95. The third kappa shape index (κ3) is 1.21. The number of hydrogen-bond donors (Lipinski definition) is 0. The number of aryl methyl sites for hydroxylation is 2. The fourth-order valence-electron chi connectivity index (χ4n) is 1.25. The van der Waals surface area contributed by atoms with E-state index in [1.165, 1.54) is 4.57 Å². The number of hydrogen-bond acceptors (Lipinski definition) is 2. The number of rotatable bonds is 0. The first kappa shape index (κ1) is 8.56. The molecule has 0 amide bonds. The van der Waals surface area contributed by atoms with Gasteiger partial charge in [-0.3, -0.25) is 4.57 Å². The number of fused-ring (bicyclic) bond motifs is 1. The van der Waals surface area contributed by atoms with Gasteiger partial charge in [0.25, 0.3) is 0 Å². The van der Waals surface area contributed by atoms with Crippen molar-refractivity contribution in [1.29, 1.82) is 0 Å². The Morgan fingerprint density at radius 2 is 2.15 bits per heavy atom. The van der Waals surface area contributed by atoms with Gasteiger partial charge in [-0.2, -0.15) is 0 Å². The van der Waals surface area contributed by atoms with Gasteiger partial charge in [0.15, 0.2) is 5.58 Å². The molecular formula is C9H8BrNO2. The molecule has 0 aliphatic heterocycles. The predicted octanol–water partition coefficient (Wildman–Crippen LogP) is 2.20. The molecule has 1 heterocycles. The zero-order valence-corrected chi connectivity index (χ0v) is 8.88. The maximum Gasteiger partial charge on any atom is 0.419 e. The van der Waals surface area contributed by atoms with Crippen LogP contribution in [0.4, 0.5) is 0 Å². The van der Waals surface area contributed by atoms with Crippen molar-refractivity contribution in [2.75, 3.05) is 0 Å². The quantitative estimate of drug-likeness (QED) is 0.709. The summed E-state index contributed by atoms with van der Waals surface area (Å²) in [5.74, 6) is -0.326. The zero-order chi connectivity index (χ0) is 9.59. The van der Waals surface area contributed by atoms with Crippen molar-refractivity contribution >= 4 is 27.0 Å². The summed E-state index contributed by atoms with van der Waals surface area (Å²) in [7, 11) is 1.69. The van der Waals surface area contributed by atoms with Crippen molar-refractivity contribution in [3.05, 3.63) is 32.7 Å². The van der Waals surface area contributed by atoms with Crippen LogP contribution in [0.15, 0.2) is 25.8 Å². The molecule has 3 nitrogen and oxygen atoms in total. The molecule has 1 aromatic carbocycles. The molecule has 0 atom stereocenters. The van der Waals surface area contributed by atoms with E-state index in [2.05, 4.69) is 15.9 Å². The van der Waals surface area contributed by atoms with Crippen LogP contribution in [0.1, 0.15) is 5.56 Å². The first-order chi connectivity index (χ1) is 6.09. The number of benzene rings is 1. The van der Waals surface area contributed by atoms with E-state index in [1.807, 2.05) is 19.1 Å². The summed E-state index contributed by atoms with van der Waals surface area (Å²) in [5.41, 5.74) is 2.50. The Hall–Kier alpha value is -1.03. The van der Waals surface area contributed by atoms with Gasteiger partial charge in [0.1, 0.15) is 0 Å². The molecule has 0 bridgehead atoms. The lowest BCUT2D eigenvalue weighted by Gasteiger charge is -1.97. The summed E-state index contributed by atoms with van der Waals surface area (Å²) in [4.78, 5) is 11.1. The highest BCUT2D eigenvalue weighted by molar-refractivity contribution is 9.10. The molecule has 0 saturated carbocycles. The molecule has 0 aliphatic carbocycles. The average Bonchev–Trinajstić information content (AvgIpc) is 2.32. The van der Waals surface area contributed by atoms with Crippen LogP contribution in [0.3, 0.4) is 0 Å². The monoisotopic (exact) mass is 241 g/mol. The molecule has 68 valence electrons. The second-order valence-electron chi connectivity index (χ2n) is 3.00. The number of aromatic nitrogens is 1. The first-order valence-electron chi connectivity index (χ1n) is 3.85. The Balaban J connectivity index is 2.97. The lowest BCUT2D eigenvalue weighted by atomic mass is 10.2. The lowest BCUT2D eigenvalue weighted by Crippen LogP contribution is -2.08. The Bertz CT molecular complexity index is 524. The summed E-state index contributed by atoms with van der Waals surface area (Å²) in [5, 5.41) is 0. The molecular weight excluding hydrogens is 234 g/mol. The molecule has 0 radical (unpaired) electrons. The van der Waals surface area contributed by atoms with Gasteiger partial charge >= 0.3 is 5.76 Å². The van der Waals surface area contributed by atoms with Crippen molar-refractivity contribution < 1.29 is 4.42 Å². The van der Waals surface area contributed by atoms with E-state index in [4.69, 9.17) is 4.42 Å². The molecule has 0 unspecified atom stereocenters. The van der Waals surface area contributed by atoms with Crippen molar-refractivity contribution in [3.63, 3.8) is 0 Å². The van der Waals surface area contributed by atoms with Crippen LogP contribution in [0.5, 0.6) is 0 Å². The molecule has 1 aromatic heterocycles. The highest BCUT2D eigenvalue weighted by Gasteiger charge is 2.07. The van der Waals surface area contributed by atoms with Gasteiger partial charge in [-0.05, 0) is 24.6 Å². The van der Waals surface area contributed by atoms with Crippen LogP contribution >= 0.6 is 15.9 Å². The van der Waals surface area contributed by atoms with Crippen LogP contribution in [-0.2, 0) is 7.05 Å². The minimum atomic E-state index is -0.326. The summed E-state index contributed by atoms with van der Waals surface area (Å²) in [6, 6.07) is 3.73. The van der Waals surface area contributed by atoms with Crippen LogP contribution in [0, 0.1) is 6.92 Å². The van der Waals surface area contributed by atoms with Gasteiger partial charge < -0.3 is 4.42 Å². The molecule has 0 N–H and O–H groups in total. The van der Waals surface area contributed by atoms with Gasteiger partial charge in [0.2, 0.25) is 0 Å². The van der Waals surface area contributed by atoms with Crippen LogP contribution in [0.25, 0.3) is 11.1 Å². The summed E-state index contributed by atoms with van der Waals surface area (Å²) < 4.78 is 7.49. The minimum absolute atomic E-state index is 0.326. The molecule has 0 aliphatic rings. The van der Waals surface area contributed by atoms with Gasteiger partial charge in [-0.25, -0.2) is 4.79 Å². The molecule has 4 heteroatoms. The van der Waals surface area contributed by atoms with E-state index in [9.17, 15) is 4.79 Å². The Morgan fingerprint density at radius 3 is 2.85 bits per heavy atom. The second-order valence-corrected chi connectivity index (χ2v) is 3.85. The second kappa shape index (κ2) is 2.73. The van der Waals surface area contributed by atoms with Gasteiger partial charge in [0.05, 0.1) is 5.52 Å². The predicted molar refractivity (Wildman–Crippen MR) is 53.9 cm³/mol. The molecule has 2 aromatic rings. The highest BCUT2D eigenvalue weighted by atomic mass is 79.9. The van der Waals surface area contributed by atoms with Gasteiger partial charge in [-0.15, -0.1) is 0 Å². The lowest BCUT2D eigenvalue weighted by molar-refractivity contribution is 0.528. The summed E-state index contributed by atoms with van der Waals surface area (Å²) in [6.07, 6.45) is 0. The van der Waals surface area contributed by atoms with Crippen molar-refractivity contribution in [1.82, 2.24) is 4.57 Å². The minimum Gasteiger partial charge on any atom is -0.408 e. The van der Waals surface area contributed by atoms with E-state index in [1.54, 1.807) is 7.05 Å². The smallest absolute Gasteiger partial charge is 0.408 e. The largest absolute Gasteiger partial charge is 0.419 e. The molecule has 13 heavy (non-hydrogen) atoms. The van der Waals surface area contributed by atoms with Crippen molar-refractivity contribution in [2.24, 2.45) is 7.05 Å². The third-order valence-electron chi connectivity index (χ3n) is 2.07. The molecule has 0 spiro atoms. The topological polar surface area (TPSA) is 35.1 Å². The summed E-state index contributed by atoms with van der Waals surface area (Å²) >= 11 is 3.40. The Morgan fingerprint density at radius 1 is 1.46 bits per heavy atom. The maximum atomic E-state index is 11.1. The van der Waals surface area contributed by atoms with Crippen LogP contribution < -0.4 is 5.76 Å². The van der Waals surface area contributed by atoms with Crippen LogP contribution in [-0.4, -0.2) is 4.57 Å². The van der Waals surface area contributed by atoms with E-state index < -0.39 is 0 Å². The number of halogens is 1. The third-order valence-corrected chi connectivity index (χ3v) is 2.93. The van der Waals surface area contributed by atoms with Crippen LogP contribution in [0.2, 0.25) is 0 Å². The first-order valence-corrected chi connectivity index (χ1v) is 4.64. The molecule has 0 saturated heterocycles. The fraction of sp³-hybridized carbons (Fsp3) is 0.222. The average molecular weight is 242 g/mol.